The largest absolute Gasteiger partial charge is 0.388 e. The molecule has 2 aliphatic rings. The molecule has 7 unspecified atom stereocenters. The molecular weight excluding hydrogens is 320 g/mol. The van der Waals surface area contributed by atoms with Crippen molar-refractivity contribution in [1.82, 2.24) is 0 Å². The third-order valence-corrected chi connectivity index (χ3v) is 6.27. The number of aliphatic hydroxyl groups excluding tert-OH is 3. The maximum absolute atomic E-state index is 10.1. The lowest BCUT2D eigenvalue weighted by atomic mass is 9.60. The predicted octanol–water partition coefficient (Wildman–Crippen LogP) is 2.41. The SMILES string of the molecule is C=CC1(C)CCC(C(C)(C)OC2OCC(O)C(O)C2O)CC1C(=C)C. The van der Waals surface area contributed by atoms with E-state index in [2.05, 4.69) is 27.0 Å². The van der Waals surface area contributed by atoms with Crippen molar-refractivity contribution in [2.75, 3.05) is 6.61 Å². The molecule has 2 rings (SSSR count). The predicted molar refractivity (Wildman–Crippen MR) is 96.9 cm³/mol. The van der Waals surface area contributed by atoms with Crippen LogP contribution in [0, 0.1) is 17.3 Å². The monoisotopic (exact) mass is 354 g/mol. The van der Waals surface area contributed by atoms with E-state index in [1.165, 1.54) is 0 Å². The van der Waals surface area contributed by atoms with Gasteiger partial charge in [0.2, 0.25) is 0 Å². The molecule has 0 spiro atoms. The van der Waals surface area contributed by atoms with Crippen molar-refractivity contribution in [2.24, 2.45) is 17.3 Å². The van der Waals surface area contributed by atoms with Gasteiger partial charge in [-0.05, 0) is 57.3 Å². The summed E-state index contributed by atoms with van der Waals surface area (Å²) in [4.78, 5) is 0. The van der Waals surface area contributed by atoms with Crippen LogP contribution in [0.15, 0.2) is 24.8 Å². The third-order valence-electron chi connectivity index (χ3n) is 6.27. The summed E-state index contributed by atoms with van der Waals surface area (Å²) in [6, 6.07) is 0. The Kier molecular flexibility index (Phi) is 6.17. The zero-order valence-electron chi connectivity index (χ0n) is 15.9. The maximum atomic E-state index is 10.1. The van der Waals surface area contributed by atoms with Crippen LogP contribution >= 0.6 is 0 Å². The Bertz CT molecular complexity index is 502. The first kappa shape index (κ1) is 20.6. The number of ether oxygens (including phenoxy) is 2. The molecule has 5 nitrogen and oxygen atoms in total. The molecule has 144 valence electrons. The summed E-state index contributed by atoms with van der Waals surface area (Å²) in [5, 5.41) is 29.6. The lowest BCUT2D eigenvalue weighted by Crippen LogP contribution is -2.56. The first-order valence-corrected chi connectivity index (χ1v) is 9.14. The number of allylic oxidation sites excluding steroid dienone is 2. The third kappa shape index (κ3) is 4.17. The molecule has 1 aliphatic heterocycles. The molecule has 0 amide bonds. The molecule has 2 fully saturated rings. The Morgan fingerprint density at radius 2 is 1.92 bits per heavy atom. The van der Waals surface area contributed by atoms with Crippen LogP contribution in [0.2, 0.25) is 0 Å². The quantitative estimate of drug-likeness (QED) is 0.661. The van der Waals surface area contributed by atoms with Crippen LogP contribution in [0.25, 0.3) is 0 Å². The van der Waals surface area contributed by atoms with Gasteiger partial charge < -0.3 is 24.8 Å². The van der Waals surface area contributed by atoms with Gasteiger partial charge in [0.1, 0.15) is 18.3 Å². The lowest BCUT2D eigenvalue weighted by Gasteiger charge is -2.49. The van der Waals surface area contributed by atoms with Gasteiger partial charge in [-0.3, -0.25) is 0 Å². The minimum atomic E-state index is -1.26. The Hall–Kier alpha value is -0.720. The van der Waals surface area contributed by atoms with E-state index in [1.807, 2.05) is 19.9 Å². The standard InChI is InChI=1S/C20H34O5/c1-7-20(6)9-8-13(10-14(20)12(2)3)19(4,5)25-18-17(23)16(22)15(21)11-24-18/h7,13-18,21-23H,1-2,8-11H2,3-6H3. The molecule has 0 aromatic heterocycles. The van der Waals surface area contributed by atoms with Gasteiger partial charge in [-0.2, -0.15) is 0 Å². The van der Waals surface area contributed by atoms with Crippen LogP contribution in [0.5, 0.6) is 0 Å². The molecule has 1 saturated heterocycles. The van der Waals surface area contributed by atoms with Gasteiger partial charge in [0.15, 0.2) is 6.29 Å². The molecule has 5 heteroatoms. The van der Waals surface area contributed by atoms with Crippen LogP contribution in [0.3, 0.4) is 0 Å². The Balaban J connectivity index is 2.09. The molecule has 0 bridgehead atoms. The second-order valence-electron chi connectivity index (χ2n) is 8.55. The molecule has 3 N–H and O–H groups in total. The highest BCUT2D eigenvalue weighted by Gasteiger charge is 2.46. The summed E-state index contributed by atoms with van der Waals surface area (Å²) < 4.78 is 11.5. The molecule has 1 saturated carbocycles. The van der Waals surface area contributed by atoms with Crippen molar-refractivity contribution in [3.05, 3.63) is 24.8 Å². The molecular formula is C20H34O5. The van der Waals surface area contributed by atoms with Crippen molar-refractivity contribution >= 4 is 0 Å². The van der Waals surface area contributed by atoms with Crippen LogP contribution in [-0.4, -0.2) is 52.1 Å². The highest BCUT2D eigenvalue weighted by Crippen LogP contribution is 2.50. The van der Waals surface area contributed by atoms with E-state index in [0.29, 0.717) is 5.92 Å². The average Bonchev–Trinajstić information content (AvgIpc) is 2.55. The number of aliphatic hydroxyl groups is 3. The van der Waals surface area contributed by atoms with E-state index in [0.717, 1.165) is 24.8 Å². The van der Waals surface area contributed by atoms with E-state index < -0.39 is 30.2 Å². The van der Waals surface area contributed by atoms with Gasteiger partial charge in [-0.25, -0.2) is 0 Å². The van der Waals surface area contributed by atoms with Crippen molar-refractivity contribution in [3.8, 4) is 0 Å². The fourth-order valence-electron chi connectivity index (χ4n) is 4.25. The highest BCUT2D eigenvalue weighted by molar-refractivity contribution is 5.13. The van der Waals surface area contributed by atoms with Crippen LogP contribution < -0.4 is 0 Å². The minimum Gasteiger partial charge on any atom is -0.388 e. The summed E-state index contributed by atoms with van der Waals surface area (Å²) in [7, 11) is 0. The highest BCUT2D eigenvalue weighted by atomic mass is 16.7. The molecule has 25 heavy (non-hydrogen) atoms. The average molecular weight is 354 g/mol. The second kappa shape index (κ2) is 7.49. The minimum absolute atomic E-state index is 0.0412. The number of hydrogen-bond donors (Lipinski definition) is 3. The van der Waals surface area contributed by atoms with Gasteiger partial charge in [0.25, 0.3) is 0 Å². The van der Waals surface area contributed by atoms with Crippen molar-refractivity contribution < 1.29 is 24.8 Å². The van der Waals surface area contributed by atoms with Crippen LogP contribution in [0.1, 0.15) is 47.0 Å². The Morgan fingerprint density at radius 1 is 1.28 bits per heavy atom. The van der Waals surface area contributed by atoms with Crippen molar-refractivity contribution in [2.45, 2.75) is 77.2 Å². The van der Waals surface area contributed by atoms with E-state index in [9.17, 15) is 15.3 Å². The number of rotatable bonds is 5. The normalized spacial score (nSPS) is 42.8. The van der Waals surface area contributed by atoms with Gasteiger partial charge in [-0.1, -0.05) is 25.2 Å². The lowest BCUT2D eigenvalue weighted by molar-refractivity contribution is -0.305. The fourth-order valence-corrected chi connectivity index (χ4v) is 4.25. The zero-order chi connectivity index (χ0) is 19.0. The molecule has 0 aromatic rings. The fraction of sp³-hybridized carbons (Fsp3) is 0.800. The Labute approximate surface area is 151 Å². The summed E-state index contributed by atoms with van der Waals surface area (Å²) in [5.41, 5.74) is 0.652. The first-order chi connectivity index (χ1) is 11.5. The van der Waals surface area contributed by atoms with Crippen LogP contribution in [-0.2, 0) is 9.47 Å². The summed E-state index contributed by atoms with van der Waals surface area (Å²) >= 11 is 0. The van der Waals surface area contributed by atoms with E-state index in [4.69, 9.17) is 9.47 Å². The van der Waals surface area contributed by atoms with E-state index in [1.54, 1.807) is 0 Å². The Morgan fingerprint density at radius 3 is 2.48 bits per heavy atom. The van der Waals surface area contributed by atoms with Crippen molar-refractivity contribution in [1.29, 1.82) is 0 Å². The summed E-state index contributed by atoms with van der Waals surface area (Å²) in [6.45, 7) is 16.4. The molecule has 0 aromatic carbocycles. The topological polar surface area (TPSA) is 79.2 Å². The molecule has 1 heterocycles. The second-order valence-corrected chi connectivity index (χ2v) is 8.55. The van der Waals surface area contributed by atoms with Crippen molar-refractivity contribution in [3.63, 3.8) is 0 Å². The summed E-state index contributed by atoms with van der Waals surface area (Å²) in [5.74, 6) is 0.596. The molecule has 7 atom stereocenters. The van der Waals surface area contributed by atoms with E-state index in [-0.39, 0.29) is 17.9 Å². The molecule has 0 radical (unpaired) electrons. The van der Waals surface area contributed by atoms with Gasteiger partial charge >= 0.3 is 0 Å². The zero-order valence-corrected chi connectivity index (χ0v) is 15.9. The van der Waals surface area contributed by atoms with Crippen LogP contribution in [0.4, 0.5) is 0 Å². The van der Waals surface area contributed by atoms with Gasteiger partial charge in [0, 0.05) is 0 Å². The smallest absolute Gasteiger partial charge is 0.186 e. The summed E-state index contributed by atoms with van der Waals surface area (Å²) in [6.07, 6.45) is 0.406. The first-order valence-electron chi connectivity index (χ1n) is 9.14. The number of hydrogen-bond acceptors (Lipinski definition) is 5. The van der Waals surface area contributed by atoms with Gasteiger partial charge in [-0.15, -0.1) is 6.58 Å². The maximum Gasteiger partial charge on any atom is 0.186 e. The molecule has 1 aliphatic carbocycles. The van der Waals surface area contributed by atoms with E-state index >= 15 is 0 Å². The van der Waals surface area contributed by atoms with Gasteiger partial charge in [0.05, 0.1) is 12.2 Å².